The van der Waals surface area contributed by atoms with Crippen LogP contribution in [-0.2, 0) is 14.2 Å². The van der Waals surface area contributed by atoms with Gasteiger partial charge in [-0.2, -0.15) is 0 Å². The van der Waals surface area contributed by atoms with Gasteiger partial charge in [0.2, 0.25) is 0 Å². The lowest BCUT2D eigenvalue weighted by Crippen LogP contribution is -2.32. The molecule has 1 saturated heterocycles. The van der Waals surface area contributed by atoms with Gasteiger partial charge in [0, 0.05) is 31.9 Å². The highest BCUT2D eigenvalue weighted by Crippen LogP contribution is 2.29. The van der Waals surface area contributed by atoms with E-state index in [9.17, 15) is 9.59 Å². The molecule has 0 saturated carbocycles. The molecule has 1 aromatic heterocycles. The van der Waals surface area contributed by atoms with Gasteiger partial charge in [0.1, 0.15) is 12.3 Å². The van der Waals surface area contributed by atoms with Gasteiger partial charge in [0.15, 0.2) is 0 Å². The molecular weight excluding hydrogens is 264 g/mol. The van der Waals surface area contributed by atoms with Crippen molar-refractivity contribution in [3.05, 3.63) is 33.1 Å². The normalized spacial score (nSPS) is 26.0. The molecule has 0 radical (unpaired) electrons. The van der Waals surface area contributed by atoms with Crippen molar-refractivity contribution in [2.45, 2.75) is 38.7 Å². The van der Waals surface area contributed by atoms with Crippen molar-refractivity contribution in [2.24, 2.45) is 0 Å². The van der Waals surface area contributed by atoms with E-state index in [1.165, 1.54) is 16.8 Å². The Kier molecular flexibility index (Phi) is 5.11. The van der Waals surface area contributed by atoms with Gasteiger partial charge in [-0.25, -0.2) is 4.79 Å². The van der Waals surface area contributed by atoms with Crippen molar-refractivity contribution in [3.63, 3.8) is 0 Å². The third kappa shape index (κ3) is 3.36. The first-order chi connectivity index (χ1) is 9.65. The average Bonchev–Trinajstić information content (AvgIpc) is 2.80. The van der Waals surface area contributed by atoms with E-state index < -0.39 is 17.5 Å². The fourth-order valence-electron chi connectivity index (χ4n) is 2.30. The van der Waals surface area contributed by atoms with E-state index in [0.717, 1.165) is 0 Å². The first-order valence-corrected chi connectivity index (χ1v) is 6.82. The van der Waals surface area contributed by atoms with Gasteiger partial charge >= 0.3 is 5.69 Å². The SMILES string of the molecule is CCOC[C@H]1O[C@@H](n2ccc(=O)[nH]c2=O)C[C@@H]1OCC. The van der Waals surface area contributed by atoms with Crippen molar-refractivity contribution in [1.82, 2.24) is 9.55 Å². The molecule has 0 spiro atoms. The standard InChI is InChI=1S/C13H20N2O5/c1-3-18-8-10-9(19-4-2)7-12(20-10)15-6-5-11(16)14-13(15)17/h5-6,9-10,12H,3-4,7-8H2,1-2H3,(H,14,16,17)/t9-,10+,12+/m0/s1. The highest BCUT2D eigenvalue weighted by atomic mass is 16.6. The smallest absolute Gasteiger partial charge is 0.330 e. The number of hydrogen-bond acceptors (Lipinski definition) is 5. The molecule has 7 heteroatoms. The zero-order valence-corrected chi connectivity index (χ0v) is 11.7. The largest absolute Gasteiger partial charge is 0.379 e. The molecule has 0 aromatic carbocycles. The van der Waals surface area contributed by atoms with Crippen LogP contribution in [-0.4, -0.2) is 41.6 Å². The summed E-state index contributed by atoms with van der Waals surface area (Å²) in [6.07, 6.45) is 1.23. The first kappa shape index (κ1) is 15.0. The average molecular weight is 284 g/mol. The number of rotatable bonds is 6. The Morgan fingerprint density at radius 3 is 2.85 bits per heavy atom. The van der Waals surface area contributed by atoms with E-state index in [4.69, 9.17) is 14.2 Å². The zero-order valence-electron chi connectivity index (χ0n) is 11.7. The first-order valence-electron chi connectivity index (χ1n) is 6.82. The number of aromatic amines is 1. The third-order valence-corrected chi connectivity index (χ3v) is 3.21. The van der Waals surface area contributed by atoms with Crippen molar-refractivity contribution in [2.75, 3.05) is 19.8 Å². The zero-order chi connectivity index (χ0) is 14.5. The molecule has 0 unspecified atom stereocenters. The van der Waals surface area contributed by atoms with E-state index in [0.29, 0.717) is 26.2 Å². The van der Waals surface area contributed by atoms with Crippen LogP contribution in [0.5, 0.6) is 0 Å². The van der Waals surface area contributed by atoms with E-state index in [1.54, 1.807) is 0 Å². The summed E-state index contributed by atoms with van der Waals surface area (Å²) in [6, 6.07) is 1.30. The molecule has 1 aliphatic heterocycles. The highest BCUT2D eigenvalue weighted by Gasteiger charge is 2.37. The molecule has 3 atom stereocenters. The lowest BCUT2D eigenvalue weighted by Gasteiger charge is -2.17. The minimum atomic E-state index is -0.477. The summed E-state index contributed by atoms with van der Waals surface area (Å²) < 4.78 is 18.2. The third-order valence-electron chi connectivity index (χ3n) is 3.21. The van der Waals surface area contributed by atoms with Gasteiger partial charge in [0.25, 0.3) is 5.56 Å². The molecule has 1 fully saturated rings. The van der Waals surface area contributed by atoms with Crippen LogP contribution in [0.4, 0.5) is 0 Å². The van der Waals surface area contributed by atoms with Crippen molar-refractivity contribution < 1.29 is 14.2 Å². The quantitative estimate of drug-likeness (QED) is 0.810. The monoisotopic (exact) mass is 284 g/mol. The Balaban J connectivity index is 2.13. The van der Waals surface area contributed by atoms with Crippen LogP contribution in [0, 0.1) is 0 Å². The number of hydrogen-bond donors (Lipinski definition) is 1. The summed E-state index contributed by atoms with van der Waals surface area (Å²) in [6.45, 7) is 5.42. The molecule has 2 rings (SSSR count). The number of H-pyrrole nitrogens is 1. The Morgan fingerprint density at radius 2 is 2.20 bits per heavy atom. The van der Waals surface area contributed by atoms with Crippen LogP contribution < -0.4 is 11.2 Å². The van der Waals surface area contributed by atoms with Crippen LogP contribution in [0.2, 0.25) is 0 Å². The molecule has 0 bridgehead atoms. The summed E-state index contributed by atoms with van der Waals surface area (Å²) in [7, 11) is 0. The van der Waals surface area contributed by atoms with E-state index in [1.807, 2.05) is 13.8 Å². The molecule has 1 N–H and O–H groups in total. The lowest BCUT2D eigenvalue weighted by atomic mass is 10.2. The second-order valence-electron chi connectivity index (χ2n) is 4.54. The second-order valence-corrected chi connectivity index (χ2v) is 4.54. The van der Waals surface area contributed by atoms with Crippen LogP contribution in [0.1, 0.15) is 26.5 Å². The van der Waals surface area contributed by atoms with Gasteiger partial charge in [0.05, 0.1) is 12.7 Å². The summed E-state index contributed by atoms with van der Waals surface area (Å²) in [5.74, 6) is 0. The summed E-state index contributed by atoms with van der Waals surface area (Å²) in [5.41, 5.74) is -0.897. The van der Waals surface area contributed by atoms with Gasteiger partial charge in [-0.1, -0.05) is 0 Å². The maximum Gasteiger partial charge on any atom is 0.330 e. The van der Waals surface area contributed by atoms with Crippen LogP contribution >= 0.6 is 0 Å². The Bertz CT molecular complexity index is 538. The molecule has 0 amide bonds. The predicted octanol–water partition coefficient (Wildman–Crippen LogP) is 0.266. The summed E-state index contributed by atoms with van der Waals surface area (Å²) in [4.78, 5) is 25.1. The topological polar surface area (TPSA) is 82.5 Å². The maximum absolute atomic E-state index is 11.8. The van der Waals surface area contributed by atoms with Crippen molar-refractivity contribution >= 4 is 0 Å². The van der Waals surface area contributed by atoms with Gasteiger partial charge < -0.3 is 14.2 Å². The van der Waals surface area contributed by atoms with E-state index >= 15 is 0 Å². The van der Waals surface area contributed by atoms with Crippen molar-refractivity contribution in [3.8, 4) is 0 Å². The molecule has 20 heavy (non-hydrogen) atoms. The van der Waals surface area contributed by atoms with Gasteiger partial charge in [-0.15, -0.1) is 0 Å². The second kappa shape index (κ2) is 6.83. The Morgan fingerprint density at radius 1 is 1.40 bits per heavy atom. The van der Waals surface area contributed by atoms with Gasteiger partial charge in [-0.3, -0.25) is 14.3 Å². The number of nitrogens with zero attached hydrogens (tertiary/aromatic N) is 1. The van der Waals surface area contributed by atoms with Crippen molar-refractivity contribution in [1.29, 1.82) is 0 Å². The minimum Gasteiger partial charge on any atom is -0.379 e. The van der Waals surface area contributed by atoms with Crippen LogP contribution in [0.25, 0.3) is 0 Å². The molecule has 1 aromatic rings. The fraction of sp³-hybridized carbons (Fsp3) is 0.692. The minimum absolute atomic E-state index is 0.115. The van der Waals surface area contributed by atoms with E-state index in [-0.39, 0.29) is 12.2 Å². The molecule has 112 valence electrons. The number of nitrogens with one attached hydrogen (secondary N) is 1. The van der Waals surface area contributed by atoms with Gasteiger partial charge in [-0.05, 0) is 13.8 Å². The fourth-order valence-corrected chi connectivity index (χ4v) is 2.30. The maximum atomic E-state index is 11.8. The summed E-state index contributed by atoms with van der Waals surface area (Å²) >= 11 is 0. The molecule has 1 aliphatic rings. The Labute approximate surface area is 116 Å². The number of aromatic nitrogens is 2. The molecular formula is C13H20N2O5. The molecule has 2 heterocycles. The summed E-state index contributed by atoms with van der Waals surface area (Å²) in [5, 5.41) is 0. The highest BCUT2D eigenvalue weighted by molar-refractivity contribution is 4.88. The lowest BCUT2D eigenvalue weighted by molar-refractivity contribution is -0.0742. The van der Waals surface area contributed by atoms with E-state index in [2.05, 4.69) is 4.98 Å². The van der Waals surface area contributed by atoms with Crippen LogP contribution in [0.15, 0.2) is 21.9 Å². The van der Waals surface area contributed by atoms with Crippen LogP contribution in [0.3, 0.4) is 0 Å². The predicted molar refractivity (Wildman–Crippen MR) is 71.8 cm³/mol. The molecule has 0 aliphatic carbocycles. The Hall–Kier alpha value is -1.44. The molecule has 7 nitrogen and oxygen atoms in total. The number of ether oxygens (including phenoxy) is 3.